The van der Waals surface area contributed by atoms with Crippen LogP contribution in [0.25, 0.3) is 0 Å². The zero-order chi connectivity index (χ0) is 13.1. The first-order valence-corrected chi connectivity index (χ1v) is 7.40. The van der Waals surface area contributed by atoms with Gasteiger partial charge in [-0.15, -0.1) is 11.3 Å². The zero-order valence-corrected chi connectivity index (χ0v) is 12.8. The second-order valence-corrected chi connectivity index (χ2v) is 6.09. The zero-order valence-electron chi connectivity index (χ0n) is 9.81. The van der Waals surface area contributed by atoms with Gasteiger partial charge in [-0.05, 0) is 58.7 Å². The van der Waals surface area contributed by atoms with Crippen molar-refractivity contribution in [2.45, 2.75) is 13.0 Å². The van der Waals surface area contributed by atoms with Crippen LogP contribution in [0.4, 0.5) is 5.69 Å². The number of amides is 1. The number of carbonyl (C=O) groups excluding carboxylic acids is 1. The number of anilines is 1. The smallest absolute Gasteiger partial charge is 0.246 e. The molecule has 94 valence electrons. The lowest BCUT2D eigenvalue weighted by atomic mass is 10.2. The minimum Gasteiger partial charge on any atom is -0.324 e. The fraction of sp³-hybridized carbons (Fsp3) is 0.154. The van der Waals surface area contributed by atoms with Crippen molar-refractivity contribution in [3.63, 3.8) is 0 Å². The Kier molecular flexibility index (Phi) is 4.36. The lowest BCUT2D eigenvalue weighted by molar-refractivity contribution is -0.117. The molecule has 0 bridgehead atoms. The number of carbonyl (C=O) groups is 1. The van der Waals surface area contributed by atoms with Crippen molar-refractivity contribution < 1.29 is 4.79 Å². The number of benzene rings is 1. The average molecular weight is 372 g/mol. The summed E-state index contributed by atoms with van der Waals surface area (Å²) in [4.78, 5) is 12.8. The Morgan fingerprint density at radius 1 is 1.44 bits per heavy atom. The first-order chi connectivity index (χ1) is 8.58. The van der Waals surface area contributed by atoms with Crippen LogP contribution in [-0.2, 0) is 4.79 Å². The molecule has 5 heteroatoms. The fourth-order valence-corrected chi connectivity index (χ4v) is 2.73. The molecule has 3 N–H and O–H groups in total. The highest BCUT2D eigenvalue weighted by molar-refractivity contribution is 14.1. The van der Waals surface area contributed by atoms with Crippen molar-refractivity contribution >= 4 is 45.5 Å². The molecule has 1 unspecified atom stereocenters. The van der Waals surface area contributed by atoms with E-state index < -0.39 is 6.04 Å². The summed E-state index contributed by atoms with van der Waals surface area (Å²) in [5, 5.41) is 4.75. The van der Waals surface area contributed by atoms with Gasteiger partial charge in [-0.2, -0.15) is 0 Å². The minimum absolute atomic E-state index is 0.183. The molecule has 0 aliphatic rings. The molecule has 1 aromatic carbocycles. The molecule has 1 heterocycles. The van der Waals surface area contributed by atoms with Gasteiger partial charge in [-0.1, -0.05) is 12.1 Å². The number of rotatable bonds is 3. The van der Waals surface area contributed by atoms with Gasteiger partial charge in [0.05, 0.1) is 0 Å². The van der Waals surface area contributed by atoms with Crippen molar-refractivity contribution in [1.29, 1.82) is 0 Å². The van der Waals surface area contributed by atoms with Crippen LogP contribution in [0, 0.1) is 10.5 Å². The van der Waals surface area contributed by atoms with E-state index in [1.807, 2.05) is 42.6 Å². The van der Waals surface area contributed by atoms with Gasteiger partial charge in [0.15, 0.2) is 0 Å². The van der Waals surface area contributed by atoms with Crippen LogP contribution >= 0.6 is 33.9 Å². The normalized spacial score (nSPS) is 12.2. The van der Waals surface area contributed by atoms with E-state index in [4.69, 9.17) is 5.73 Å². The Labute approximate surface area is 124 Å². The largest absolute Gasteiger partial charge is 0.324 e. The summed E-state index contributed by atoms with van der Waals surface area (Å²) in [5.41, 5.74) is 7.87. The number of nitrogens with one attached hydrogen (secondary N) is 1. The van der Waals surface area contributed by atoms with Crippen molar-refractivity contribution in [2.75, 3.05) is 5.32 Å². The van der Waals surface area contributed by atoms with Crippen molar-refractivity contribution in [1.82, 2.24) is 0 Å². The maximum atomic E-state index is 12.0. The topological polar surface area (TPSA) is 55.1 Å². The SMILES string of the molecule is Cc1ccc(NC(=O)C(N)c2cccs2)cc1I. The second kappa shape index (κ2) is 5.81. The van der Waals surface area contributed by atoms with Crippen molar-refractivity contribution in [3.8, 4) is 0 Å². The summed E-state index contributed by atoms with van der Waals surface area (Å²) in [6.45, 7) is 2.03. The Morgan fingerprint density at radius 3 is 2.83 bits per heavy atom. The standard InChI is InChI=1S/C13H13IN2OS/c1-8-4-5-9(7-10(8)14)16-13(17)12(15)11-3-2-6-18-11/h2-7,12H,15H2,1H3,(H,16,17). The van der Waals surface area contributed by atoms with E-state index >= 15 is 0 Å². The van der Waals surface area contributed by atoms with Crippen LogP contribution < -0.4 is 11.1 Å². The molecule has 0 fully saturated rings. The molecule has 2 aromatic rings. The quantitative estimate of drug-likeness (QED) is 0.813. The third kappa shape index (κ3) is 3.09. The van der Waals surface area contributed by atoms with Gasteiger partial charge < -0.3 is 11.1 Å². The minimum atomic E-state index is -0.607. The summed E-state index contributed by atoms with van der Waals surface area (Å²) in [7, 11) is 0. The van der Waals surface area contributed by atoms with Gasteiger partial charge in [-0.3, -0.25) is 4.79 Å². The molecule has 2 rings (SSSR count). The van der Waals surface area contributed by atoms with Gasteiger partial charge in [0.1, 0.15) is 6.04 Å². The molecule has 0 saturated heterocycles. The molecule has 0 radical (unpaired) electrons. The van der Waals surface area contributed by atoms with E-state index in [2.05, 4.69) is 27.9 Å². The molecule has 0 aliphatic carbocycles. The molecule has 0 saturated carbocycles. The van der Waals surface area contributed by atoms with Crippen LogP contribution in [0.15, 0.2) is 35.7 Å². The first kappa shape index (κ1) is 13.5. The number of hydrogen-bond donors (Lipinski definition) is 2. The fourth-order valence-electron chi connectivity index (χ4n) is 1.49. The third-order valence-electron chi connectivity index (χ3n) is 2.57. The lowest BCUT2D eigenvalue weighted by Gasteiger charge is -2.11. The molecular formula is C13H13IN2OS. The van der Waals surface area contributed by atoms with Gasteiger partial charge in [-0.25, -0.2) is 0 Å². The van der Waals surface area contributed by atoms with Crippen LogP contribution in [0.1, 0.15) is 16.5 Å². The van der Waals surface area contributed by atoms with Crippen LogP contribution in [0.3, 0.4) is 0 Å². The Morgan fingerprint density at radius 2 is 2.22 bits per heavy atom. The lowest BCUT2D eigenvalue weighted by Crippen LogP contribution is -2.27. The molecule has 1 amide bonds. The Hall–Kier alpha value is -0.920. The molecule has 1 atom stereocenters. The van der Waals surface area contributed by atoms with E-state index in [-0.39, 0.29) is 5.91 Å². The monoisotopic (exact) mass is 372 g/mol. The van der Waals surface area contributed by atoms with E-state index in [0.717, 1.165) is 14.1 Å². The molecular weight excluding hydrogens is 359 g/mol. The van der Waals surface area contributed by atoms with E-state index in [1.165, 1.54) is 16.9 Å². The molecule has 3 nitrogen and oxygen atoms in total. The highest BCUT2D eigenvalue weighted by Crippen LogP contribution is 2.20. The average Bonchev–Trinajstić information content (AvgIpc) is 2.86. The summed E-state index contributed by atoms with van der Waals surface area (Å²) < 4.78 is 1.12. The number of nitrogens with two attached hydrogens (primary N) is 1. The maximum absolute atomic E-state index is 12.0. The maximum Gasteiger partial charge on any atom is 0.246 e. The Bertz CT molecular complexity index is 554. The third-order valence-corrected chi connectivity index (χ3v) is 4.69. The highest BCUT2D eigenvalue weighted by atomic mass is 127. The highest BCUT2D eigenvalue weighted by Gasteiger charge is 2.16. The number of hydrogen-bond acceptors (Lipinski definition) is 3. The van der Waals surface area contributed by atoms with Crippen molar-refractivity contribution in [3.05, 3.63) is 49.7 Å². The number of thiophene rings is 1. The second-order valence-electron chi connectivity index (χ2n) is 3.95. The molecule has 18 heavy (non-hydrogen) atoms. The first-order valence-electron chi connectivity index (χ1n) is 5.44. The predicted molar refractivity (Wildman–Crippen MR) is 83.8 cm³/mol. The molecule has 1 aromatic heterocycles. The van der Waals surface area contributed by atoms with Gasteiger partial charge in [0, 0.05) is 14.1 Å². The number of halogens is 1. The van der Waals surface area contributed by atoms with Crippen LogP contribution in [0.2, 0.25) is 0 Å². The summed E-state index contributed by atoms with van der Waals surface area (Å²) in [6.07, 6.45) is 0. The predicted octanol–water partition coefficient (Wildman–Crippen LogP) is 3.30. The summed E-state index contributed by atoms with van der Waals surface area (Å²) >= 11 is 3.73. The molecule has 0 aliphatic heterocycles. The van der Waals surface area contributed by atoms with E-state index in [1.54, 1.807) is 0 Å². The summed E-state index contributed by atoms with van der Waals surface area (Å²) in [6, 6.07) is 8.96. The van der Waals surface area contributed by atoms with Gasteiger partial charge in [0.25, 0.3) is 0 Å². The Balaban J connectivity index is 2.09. The van der Waals surface area contributed by atoms with E-state index in [9.17, 15) is 4.79 Å². The molecule has 0 spiro atoms. The van der Waals surface area contributed by atoms with Crippen molar-refractivity contribution in [2.24, 2.45) is 5.73 Å². The summed E-state index contributed by atoms with van der Waals surface area (Å²) in [5.74, 6) is -0.183. The van der Waals surface area contributed by atoms with Gasteiger partial charge in [0.2, 0.25) is 5.91 Å². The number of aryl methyl sites for hydroxylation is 1. The van der Waals surface area contributed by atoms with E-state index in [0.29, 0.717) is 0 Å². The van der Waals surface area contributed by atoms with Crippen LogP contribution in [-0.4, -0.2) is 5.91 Å². The van der Waals surface area contributed by atoms with Crippen LogP contribution in [0.5, 0.6) is 0 Å². The van der Waals surface area contributed by atoms with Gasteiger partial charge >= 0.3 is 0 Å².